The molecule has 0 radical (unpaired) electrons. The van der Waals surface area contributed by atoms with Crippen molar-refractivity contribution in [2.45, 2.75) is 20.4 Å². The van der Waals surface area contributed by atoms with Crippen molar-refractivity contribution in [2.24, 2.45) is 4.99 Å². The zero-order chi connectivity index (χ0) is 19.2. The van der Waals surface area contributed by atoms with Crippen LogP contribution in [0.2, 0.25) is 0 Å². The van der Waals surface area contributed by atoms with Gasteiger partial charge in [-0.1, -0.05) is 23.5 Å². The summed E-state index contributed by atoms with van der Waals surface area (Å²) >= 11 is 1.37. The number of halogens is 1. The lowest BCUT2D eigenvalue weighted by molar-refractivity contribution is 0.0993. The summed E-state index contributed by atoms with van der Waals surface area (Å²) in [6.07, 6.45) is 0. The van der Waals surface area contributed by atoms with Crippen LogP contribution in [0.4, 0.5) is 4.39 Å². The molecule has 1 aromatic heterocycles. The minimum Gasteiger partial charge on any atom is -0.494 e. The topological polar surface area (TPSA) is 52.8 Å². The second-order valence-corrected chi connectivity index (χ2v) is 6.70. The molecule has 7 heteroatoms. The lowest BCUT2D eigenvalue weighted by Crippen LogP contribution is -2.20. The van der Waals surface area contributed by atoms with Gasteiger partial charge < -0.3 is 14.0 Å². The van der Waals surface area contributed by atoms with Crippen molar-refractivity contribution in [1.29, 1.82) is 0 Å². The molecule has 0 fully saturated rings. The van der Waals surface area contributed by atoms with Gasteiger partial charge in [0, 0.05) is 13.2 Å². The van der Waals surface area contributed by atoms with Gasteiger partial charge in [-0.25, -0.2) is 4.39 Å². The highest BCUT2D eigenvalue weighted by Crippen LogP contribution is 2.23. The standard InChI is InChI=1S/C20H21FN2O3S/c1-3-25-12-11-23-17-10-9-14(26-4-2)13-18(17)27-20(23)22-19(24)15-7-5-6-8-16(15)21/h5-10,13H,3-4,11-12H2,1-2H3. The van der Waals surface area contributed by atoms with Gasteiger partial charge in [-0.2, -0.15) is 4.99 Å². The predicted octanol–water partition coefficient (Wildman–Crippen LogP) is 4.02. The Bertz CT molecular complexity index is 1010. The average Bonchev–Trinajstić information content (AvgIpc) is 2.99. The number of thiazole rings is 1. The third-order valence-electron chi connectivity index (χ3n) is 3.93. The van der Waals surface area contributed by atoms with Gasteiger partial charge in [0.05, 0.1) is 29.0 Å². The number of amides is 1. The molecule has 0 spiro atoms. The summed E-state index contributed by atoms with van der Waals surface area (Å²) < 4.78 is 27.8. The molecule has 3 rings (SSSR count). The fourth-order valence-electron chi connectivity index (χ4n) is 2.69. The molecule has 0 atom stereocenters. The number of fused-ring (bicyclic) bond motifs is 1. The summed E-state index contributed by atoms with van der Waals surface area (Å²) in [5, 5.41) is 0. The summed E-state index contributed by atoms with van der Waals surface area (Å²) in [5.74, 6) is -0.420. The van der Waals surface area contributed by atoms with Crippen LogP contribution in [0.3, 0.4) is 0 Å². The van der Waals surface area contributed by atoms with Gasteiger partial charge in [-0.15, -0.1) is 0 Å². The van der Waals surface area contributed by atoms with E-state index in [-0.39, 0.29) is 5.56 Å². The molecule has 0 aliphatic heterocycles. The maximum absolute atomic E-state index is 13.9. The van der Waals surface area contributed by atoms with Crippen LogP contribution in [0.15, 0.2) is 47.5 Å². The van der Waals surface area contributed by atoms with E-state index < -0.39 is 11.7 Å². The number of hydrogen-bond acceptors (Lipinski definition) is 4. The van der Waals surface area contributed by atoms with Gasteiger partial charge in [0.15, 0.2) is 4.80 Å². The Morgan fingerprint density at radius 3 is 2.74 bits per heavy atom. The molecule has 0 saturated carbocycles. The van der Waals surface area contributed by atoms with E-state index in [2.05, 4.69) is 4.99 Å². The SMILES string of the molecule is CCOCCn1c(=NC(=O)c2ccccc2F)sc2cc(OCC)ccc21. The maximum Gasteiger partial charge on any atom is 0.282 e. The number of rotatable bonds is 7. The van der Waals surface area contributed by atoms with Crippen molar-refractivity contribution in [3.05, 3.63) is 58.6 Å². The number of ether oxygens (including phenoxy) is 2. The molecule has 0 aliphatic rings. The number of aromatic nitrogens is 1. The van der Waals surface area contributed by atoms with Crippen LogP contribution < -0.4 is 9.54 Å². The van der Waals surface area contributed by atoms with Crippen molar-refractivity contribution in [3.63, 3.8) is 0 Å². The maximum atomic E-state index is 13.9. The summed E-state index contributed by atoms with van der Waals surface area (Å²) in [6.45, 7) is 6.08. The number of nitrogens with zero attached hydrogens (tertiary/aromatic N) is 2. The second-order valence-electron chi connectivity index (χ2n) is 5.69. The van der Waals surface area contributed by atoms with E-state index in [0.717, 1.165) is 16.0 Å². The van der Waals surface area contributed by atoms with Gasteiger partial charge in [0.2, 0.25) is 0 Å². The first-order valence-corrected chi connectivity index (χ1v) is 9.63. The molecule has 0 N–H and O–H groups in total. The van der Waals surface area contributed by atoms with Crippen LogP contribution in [-0.2, 0) is 11.3 Å². The Balaban J connectivity index is 2.07. The largest absolute Gasteiger partial charge is 0.494 e. The summed E-state index contributed by atoms with van der Waals surface area (Å²) in [4.78, 5) is 17.2. The van der Waals surface area contributed by atoms with Crippen molar-refractivity contribution in [3.8, 4) is 5.75 Å². The number of hydrogen-bond donors (Lipinski definition) is 0. The van der Waals surface area contributed by atoms with Crippen molar-refractivity contribution in [2.75, 3.05) is 19.8 Å². The first-order chi connectivity index (χ1) is 13.1. The molecule has 1 amide bonds. The third-order valence-corrected chi connectivity index (χ3v) is 4.97. The predicted molar refractivity (Wildman–Crippen MR) is 104 cm³/mol. The highest BCUT2D eigenvalue weighted by Gasteiger charge is 2.13. The Morgan fingerprint density at radius 1 is 1.19 bits per heavy atom. The van der Waals surface area contributed by atoms with Crippen LogP contribution in [-0.4, -0.2) is 30.3 Å². The van der Waals surface area contributed by atoms with Gasteiger partial charge in [0.1, 0.15) is 11.6 Å². The molecule has 0 saturated heterocycles. The van der Waals surface area contributed by atoms with E-state index in [4.69, 9.17) is 9.47 Å². The molecule has 27 heavy (non-hydrogen) atoms. The fraction of sp³-hybridized carbons (Fsp3) is 0.300. The number of carbonyl (C=O) groups excluding carboxylic acids is 1. The van der Waals surface area contributed by atoms with E-state index in [1.807, 2.05) is 36.6 Å². The van der Waals surface area contributed by atoms with E-state index in [9.17, 15) is 9.18 Å². The highest BCUT2D eigenvalue weighted by atomic mass is 32.1. The van der Waals surface area contributed by atoms with Crippen LogP contribution in [0, 0.1) is 5.82 Å². The molecular formula is C20H21FN2O3S. The molecule has 1 heterocycles. The molecule has 5 nitrogen and oxygen atoms in total. The monoisotopic (exact) mass is 388 g/mol. The average molecular weight is 388 g/mol. The molecule has 0 unspecified atom stereocenters. The quantitative estimate of drug-likeness (QED) is 0.575. The molecule has 2 aromatic carbocycles. The van der Waals surface area contributed by atoms with Crippen molar-refractivity contribution < 1.29 is 18.7 Å². The van der Waals surface area contributed by atoms with E-state index in [1.165, 1.54) is 23.5 Å². The Hall–Kier alpha value is -2.51. The summed E-state index contributed by atoms with van der Waals surface area (Å²) in [6, 6.07) is 11.6. The van der Waals surface area contributed by atoms with Gasteiger partial charge in [-0.3, -0.25) is 4.79 Å². The Labute approximate surface area is 160 Å². The van der Waals surface area contributed by atoms with Crippen LogP contribution in [0.25, 0.3) is 10.2 Å². The lowest BCUT2D eigenvalue weighted by atomic mass is 10.2. The molecule has 142 valence electrons. The lowest BCUT2D eigenvalue weighted by Gasteiger charge is -2.06. The number of benzene rings is 2. The number of carbonyl (C=O) groups is 1. The van der Waals surface area contributed by atoms with E-state index in [0.29, 0.717) is 31.2 Å². The second kappa shape index (κ2) is 8.92. The van der Waals surface area contributed by atoms with Crippen LogP contribution in [0.1, 0.15) is 24.2 Å². The first-order valence-electron chi connectivity index (χ1n) is 8.81. The van der Waals surface area contributed by atoms with Crippen molar-refractivity contribution >= 4 is 27.5 Å². The molecular weight excluding hydrogens is 367 g/mol. The third kappa shape index (κ3) is 4.43. The zero-order valence-electron chi connectivity index (χ0n) is 15.3. The minimum atomic E-state index is -0.602. The normalized spacial score (nSPS) is 11.9. The zero-order valence-corrected chi connectivity index (χ0v) is 16.1. The fourth-order valence-corrected chi connectivity index (χ4v) is 3.78. The van der Waals surface area contributed by atoms with E-state index in [1.54, 1.807) is 12.1 Å². The molecule has 3 aromatic rings. The summed E-state index contributed by atoms with van der Waals surface area (Å²) in [7, 11) is 0. The summed E-state index contributed by atoms with van der Waals surface area (Å²) in [5.41, 5.74) is 0.893. The minimum absolute atomic E-state index is 0.0404. The Kier molecular flexibility index (Phi) is 6.36. The molecule has 0 aliphatic carbocycles. The van der Waals surface area contributed by atoms with Crippen LogP contribution in [0.5, 0.6) is 5.75 Å². The van der Waals surface area contributed by atoms with Crippen molar-refractivity contribution in [1.82, 2.24) is 4.57 Å². The van der Waals surface area contributed by atoms with Crippen LogP contribution >= 0.6 is 11.3 Å². The van der Waals surface area contributed by atoms with Gasteiger partial charge >= 0.3 is 0 Å². The first kappa shape index (κ1) is 19.3. The van der Waals surface area contributed by atoms with Gasteiger partial charge in [-0.05, 0) is 44.2 Å². The highest BCUT2D eigenvalue weighted by molar-refractivity contribution is 7.16. The molecule has 0 bridgehead atoms. The Morgan fingerprint density at radius 2 is 2.00 bits per heavy atom. The van der Waals surface area contributed by atoms with Gasteiger partial charge in [0.25, 0.3) is 5.91 Å². The smallest absolute Gasteiger partial charge is 0.282 e. The van der Waals surface area contributed by atoms with E-state index >= 15 is 0 Å².